The zero-order valence-electron chi connectivity index (χ0n) is 20.5. The summed E-state index contributed by atoms with van der Waals surface area (Å²) in [6.45, 7) is 9.57. The van der Waals surface area contributed by atoms with Crippen molar-refractivity contribution < 1.29 is 24.0 Å². The van der Waals surface area contributed by atoms with E-state index < -0.39 is 6.10 Å². The van der Waals surface area contributed by atoms with E-state index >= 15 is 0 Å². The lowest BCUT2D eigenvalue weighted by Crippen LogP contribution is -2.50. The minimum Gasteiger partial charge on any atom is -0.472 e. The number of hydrogen-bond acceptors (Lipinski definition) is 7. The molecule has 2 aromatic rings. The monoisotopic (exact) mass is 471 g/mol. The molecule has 0 aromatic carbocycles. The minimum atomic E-state index is -0.444. The number of allylic oxidation sites excluding steroid dienone is 1. The first-order valence-corrected chi connectivity index (χ1v) is 11.3. The Kier molecular flexibility index (Phi) is 7.93. The normalized spacial score (nSPS) is 19.3. The van der Waals surface area contributed by atoms with Crippen molar-refractivity contribution >= 4 is 23.7 Å². The summed E-state index contributed by atoms with van der Waals surface area (Å²) in [5.74, 6) is 0.351. The Balaban J connectivity index is 1.88. The third-order valence-corrected chi connectivity index (χ3v) is 5.97. The van der Waals surface area contributed by atoms with Gasteiger partial charge in [0.1, 0.15) is 23.0 Å². The van der Waals surface area contributed by atoms with Gasteiger partial charge in [-0.3, -0.25) is 4.79 Å². The largest absolute Gasteiger partial charge is 0.472 e. The number of amides is 3. The van der Waals surface area contributed by atoms with Crippen molar-refractivity contribution in [2.75, 3.05) is 32.1 Å². The van der Waals surface area contributed by atoms with Crippen LogP contribution in [0.15, 0.2) is 22.9 Å². The highest BCUT2D eigenvalue weighted by atomic mass is 16.5. The van der Waals surface area contributed by atoms with Gasteiger partial charge in [-0.05, 0) is 39.3 Å². The first kappa shape index (κ1) is 25.2. The highest BCUT2D eigenvalue weighted by molar-refractivity contribution is 5.97. The van der Waals surface area contributed by atoms with Crippen LogP contribution in [0.4, 0.5) is 10.5 Å². The molecule has 0 aliphatic carbocycles. The van der Waals surface area contributed by atoms with Gasteiger partial charge in [0.25, 0.3) is 5.91 Å². The molecule has 0 saturated heterocycles. The lowest BCUT2D eigenvalue weighted by Gasteiger charge is -2.37. The van der Waals surface area contributed by atoms with Gasteiger partial charge in [-0.25, -0.2) is 9.78 Å². The van der Waals surface area contributed by atoms with E-state index in [4.69, 9.17) is 9.26 Å². The van der Waals surface area contributed by atoms with Crippen LogP contribution in [0.5, 0.6) is 5.88 Å². The van der Waals surface area contributed by atoms with Crippen molar-refractivity contribution in [1.29, 1.82) is 0 Å². The maximum absolute atomic E-state index is 13.4. The van der Waals surface area contributed by atoms with E-state index in [1.807, 2.05) is 26.0 Å². The lowest BCUT2D eigenvalue weighted by molar-refractivity contribution is 0.0356. The summed E-state index contributed by atoms with van der Waals surface area (Å²) in [7, 11) is 1.67. The molecule has 3 atom stereocenters. The maximum atomic E-state index is 13.4. The lowest BCUT2D eigenvalue weighted by atomic mass is 10.00. The topological polar surface area (TPSA) is 121 Å². The number of carbonyl (C=O) groups excluding carboxylic acids is 2. The van der Waals surface area contributed by atoms with E-state index in [0.29, 0.717) is 29.2 Å². The van der Waals surface area contributed by atoms with E-state index in [9.17, 15) is 14.7 Å². The molecule has 0 radical (unpaired) electrons. The Labute approximate surface area is 199 Å². The van der Waals surface area contributed by atoms with Crippen LogP contribution in [-0.4, -0.2) is 75.9 Å². The number of rotatable bonds is 6. The molecule has 3 amide bonds. The summed E-state index contributed by atoms with van der Waals surface area (Å²) >= 11 is 0. The standard InChI is InChI=1S/C24H33N5O5/c1-7-8-18-9-19-22(25-10-18)33-20(14(2)11-29(23(19)31)15(3)13-30)12-28(6)24(32)26-21-16(4)27-34-17(21)5/h7-10,14-15,20,30H,11-13H2,1-6H3,(H,26,32)/b8-7+/t14-,15-,20-/m0/s1. The molecule has 10 nitrogen and oxygen atoms in total. The van der Waals surface area contributed by atoms with Gasteiger partial charge in [0, 0.05) is 25.7 Å². The van der Waals surface area contributed by atoms with Gasteiger partial charge in [0.2, 0.25) is 5.88 Å². The Hall–Kier alpha value is -3.40. The fraction of sp³-hybridized carbons (Fsp3) is 0.500. The Morgan fingerprint density at radius 2 is 2.18 bits per heavy atom. The molecular weight excluding hydrogens is 438 g/mol. The SMILES string of the molecule is C/C=C/c1cnc2c(c1)C(=O)N([C@@H](C)CO)C[C@H](C)[C@H](CN(C)C(=O)Nc1c(C)noc1C)O2. The van der Waals surface area contributed by atoms with Gasteiger partial charge in [0.15, 0.2) is 5.76 Å². The molecule has 0 unspecified atom stereocenters. The van der Waals surface area contributed by atoms with Crippen LogP contribution in [0.2, 0.25) is 0 Å². The summed E-state index contributed by atoms with van der Waals surface area (Å²) in [6.07, 6.45) is 4.92. The molecule has 184 valence electrons. The van der Waals surface area contributed by atoms with E-state index in [0.717, 1.165) is 5.56 Å². The number of fused-ring (bicyclic) bond motifs is 1. The van der Waals surface area contributed by atoms with Gasteiger partial charge >= 0.3 is 6.03 Å². The van der Waals surface area contributed by atoms with Crippen molar-refractivity contribution in [2.24, 2.45) is 5.92 Å². The quantitative estimate of drug-likeness (QED) is 0.664. The molecule has 2 aromatic heterocycles. The first-order chi connectivity index (χ1) is 16.2. The van der Waals surface area contributed by atoms with Crippen molar-refractivity contribution in [1.82, 2.24) is 19.9 Å². The molecule has 1 aliphatic heterocycles. The number of aliphatic hydroxyl groups excluding tert-OH is 1. The van der Waals surface area contributed by atoms with Gasteiger partial charge in [-0.2, -0.15) is 0 Å². The summed E-state index contributed by atoms with van der Waals surface area (Å²) in [5.41, 5.74) is 2.24. The molecular formula is C24H33N5O5. The Morgan fingerprint density at radius 1 is 1.44 bits per heavy atom. The van der Waals surface area contributed by atoms with E-state index in [2.05, 4.69) is 15.5 Å². The average molecular weight is 472 g/mol. The van der Waals surface area contributed by atoms with Crippen LogP contribution in [0, 0.1) is 19.8 Å². The number of nitrogens with one attached hydrogen (secondary N) is 1. The molecule has 3 heterocycles. The molecule has 0 saturated carbocycles. The van der Waals surface area contributed by atoms with Crippen LogP contribution in [-0.2, 0) is 0 Å². The van der Waals surface area contributed by atoms with Crippen molar-refractivity contribution in [3.8, 4) is 5.88 Å². The van der Waals surface area contributed by atoms with Crippen LogP contribution < -0.4 is 10.1 Å². The molecule has 3 rings (SSSR count). The van der Waals surface area contributed by atoms with Crippen LogP contribution >= 0.6 is 0 Å². The van der Waals surface area contributed by atoms with Gasteiger partial charge in [-0.15, -0.1) is 0 Å². The molecule has 10 heteroatoms. The molecule has 0 bridgehead atoms. The number of likely N-dealkylation sites (N-methyl/N-ethyl adjacent to an activating group) is 1. The molecule has 0 spiro atoms. The molecule has 1 aliphatic rings. The van der Waals surface area contributed by atoms with Crippen LogP contribution in [0.1, 0.15) is 48.1 Å². The number of ether oxygens (including phenoxy) is 1. The Morgan fingerprint density at radius 3 is 2.79 bits per heavy atom. The first-order valence-electron chi connectivity index (χ1n) is 11.3. The van der Waals surface area contributed by atoms with Gasteiger partial charge < -0.3 is 29.5 Å². The Bertz CT molecular complexity index is 1050. The third kappa shape index (κ3) is 5.39. The van der Waals surface area contributed by atoms with Crippen molar-refractivity contribution in [2.45, 2.75) is 46.8 Å². The van der Waals surface area contributed by atoms with E-state index in [1.54, 1.807) is 45.0 Å². The second kappa shape index (κ2) is 10.7. The number of urea groups is 1. The average Bonchev–Trinajstić information content (AvgIpc) is 3.13. The highest BCUT2D eigenvalue weighted by Gasteiger charge is 2.34. The third-order valence-electron chi connectivity index (χ3n) is 5.97. The predicted molar refractivity (Wildman–Crippen MR) is 128 cm³/mol. The van der Waals surface area contributed by atoms with E-state index in [-0.39, 0.29) is 42.9 Å². The highest BCUT2D eigenvalue weighted by Crippen LogP contribution is 2.28. The van der Waals surface area contributed by atoms with Crippen molar-refractivity contribution in [3.05, 3.63) is 40.9 Å². The number of carbonyl (C=O) groups is 2. The van der Waals surface area contributed by atoms with Gasteiger partial charge in [0.05, 0.1) is 19.2 Å². The zero-order valence-corrected chi connectivity index (χ0v) is 20.5. The minimum absolute atomic E-state index is 0.141. The fourth-order valence-electron chi connectivity index (χ4n) is 3.84. The summed E-state index contributed by atoms with van der Waals surface area (Å²) in [5, 5.41) is 16.5. The smallest absolute Gasteiger partial charge is 0.321 e. The number of aryl methyl sites for hydroxylation is 2. The number of anilines is 1. The number of aromatic nitrogens is 2. The maximum Gasteiger partial charge on any atom is 0.321 e. The van der Waals surface area contributed by atoms with Crippen LogP contribution in [0.3, 0.4) is 0 Å². The summed E-state index contributed by atoms with van der Waals surface area (Å²) in [6, 6.07) is 1.02. The molecule has 2 N–H and O–H groups in total. The zero-order chi connectivity index (χ0) is 25.0. The van der Waals surface area contributed by atoms with Gasteiger partial charge in [-0.1, -0.05) is 24.2 Å². The number of aliphatic hydroxyl groups is 1. The molecule has 0 fully saturated rings. The van der Waals surface area contributed by atoms with E-state index in [1.165, 1.54) is 4.90 Å². The number of pyridine rings is 1. The second-order valence-corrected chi connectivity index (χ2v) is 8.75. The number of hydrogen-bond donors (Lipinski definition) is 2. The van der Waals surface area contributed by atoms with Crippen molar-refractivity contribution in [3.63, 3.8) is 0 Å². The molecule has 34 heavy (non-hydrogen) atoms. The van der Waals surface area contributed by atoms with Crippen LogP contribution in [0.25, 0.3) is 6.08 Å². The predicted octanol–water partition coefficient (Wildman–Crippen LogP) is 3.10. The number of nitrogens with zero attached hydrogens (tertiary/aromatic N) is 4. The second-order valence-electron chi connectivity index (χ2n) is 8.75. The summed E-state index contributed by atoms with van der Waals surface area (Å²) in [4.78, 5) is 33.8. The fourth-order valence-corrected chi connectivity index (χ4v) is 3.84. The summed E-state index contributed by atoms with van der Waals surface area (Å²) < 4.78 is 11.3.